The lowest BCUT2D eigenvalue weighted by atomic mass is 10.0. The minimum Gasteiger partial charge on any atom is -0.392 e. The molecule has 0 atom stereocenters. The molecule has 1 aromatic rings. The second-order valence-corrected chi connectivity index (χ2v) is 3.67. The van der Waals surface area contributed by atoms with E-state index < -0.39 is 5.82 Å². The Hall–Kier alpha value is -0.600. The van der Waals surface area contributed by atoms with E-state index >= 15 is 0 Å². The van der Waals surface area contributed by atoms with Crippen molar-refractivity contribution in [3.63, 3.8) is 0 Å². The van der Waals surface area contributed by atoms with Crippen molar-refractivity contribution in [3.05, 3.63) is 34.1 Å². The van der Waals surface area contributed by atoms with Crippen LogP contribution in [0.2, 0.25) is 5.02 Å². The van der Waals surface area contributed by atoms with Crippen LogP contribution in [0, 0.1) is 5.82 Å². The second kappa shape index (κ2) is 4.07. The number of halogens is 2. The number of hydrogen-bond donors (Lipinski definition) is 1. The Kier molecular flexibility index (Phi) is 3.28. The van der Waals surface area contributed by atoms with Gasteiger partial charge in [-0.2, -0.15) is 0 Å². The summed E-state index contributed by atoms with van der Waals surface area (Å²) in [5, 5.41) is 8.92. The molecule has 3 heteroatoms. The van der Waals surface area contributed by atoms with Crippen molar-refractivity contribution >= 4 is 11.6 Å². The summed E-state index contributed by atoms with van der Waals surface area (Å²) in [6.45, 7) is 3.70. The molecular weight excluding hydrogens is 191 g/mol. The van der Waals surface area contributed by atoms with Crippen molar-refractivity contribution in [1.82, 2.24) is 0 Å². The van der Waals surface area contributed by atoms with Crippen LogP contribution in [0.15, 0.2) is 12.1 Å². The highest BCUT2D eigenvalue weighted by Gasteiger charge is 2.09. The Labute approximate surface area is 82.2 Å². The van der Waals surface area contributed by atoms with E-state index in [1.54, 1.807) is 6.07 Å². The quantitative estimate of drug-likeness (QED) is 0.782. The first-order valence-corrected chi connectivity index (χ1v) is 4.52. The van der Waals surface area contributed by atoms with Gasteiger partial charge in [-0.3, -0.25) is 0 Å². The first kappa shape index (κ1) is 10.5. The highest BCUT2D eigenvalue weighted by molar-refractivity contribution is 6.31. The van der Waals surface area contributed by atoms with Crippen LogP contribution in [0.5, 0.6) is 0 Å². The molecule has 1 rings (SSSR count). The average Bonchev–Trinajstić information content (AvgIpc) is 2.09. The van der Waals surface area contributed by atoms with Gasteiger partial charge in [-0.25, -0.2) is 4.39 Å². The summed E-state index contributed by atoms with van der Waals surface area (Å²) in [5.41, 5.74) is 1.30. The Morgan fingerprint density at radius 1 is 1.46 bits per heavy atom. The maximum absolute atomic E-state index is 13.1. The number of aliphatic hydroxyl groups is 1. The fourth-order valence-electron chi connectivity index (χ4n) is 1.12. The first-order chi connectivity index (χ1) is 6.06. The van der Waals surface area contributed by atoms with Crippen LogP contribution in [-0.2, 0) is 6.61 Å². The number of benzene rings is 1. The molecule has 0 bridgehead atoms. The van der Waals surface area contributed by atoms with Crippen molar-refractivity contribution in [2.45, 2.75) is 26.4 Å². The van der Waals surface area contributed by atoms with Gasteiger partial charge >= 0.3 is 0 Å². The third-order valence-electron chi connectivity index (χ3n) is 1.96. The molecule has 1 N–H and O–H groups in total. The van der Waals surface area contributed by atoms with Gasteiger partial charge < -0.3 is 5.11 Å². The number of rotatable bonds is 2. The lowest BCUT2D eigenvalue weighted by molar-refractivity contribution is 0.281. The monoisotopic (exact) mass is 202 g/mol. The van der Waals surface area contributed by atoms with Crippen molar-refractivity contribution in [3.8, 4) is 0 Å². The van der Waals surface area contributed by atoms with E-state index in [0.717, 1.165) is 5.56 Å². The summed E-state index contributed by atoms with van der Waals surface area (Å²) in [5.74, 6) is -0.228. The molecule has 1 aromatic carbocycles. The first-order valence-electron chi connectivity index (χ1n) is 4.15. The van der Waals surface area contributed by atoms with Crippen molar-refractivity contribution < 1.29 is 9.50 Å². The summed E-state index contributed by atoms with van der Waals surface area (Å²) < 4.78 is 13.1. The SMILES string of the molecule is CC(C)c1cc(F)c(Cl)c(CO)c1. The van der Waals surface area contributed by atoms with Crippen LogP contribution in [-0.4, -0.2) is 5.11 Å². The molecule has 0 saturated heterocycles. The molecule has 0 aliphatic carbocycles. The lowest BCUT2D eigenvalue weighted by Gasteiger charge is -2.09. The van der Waals surface area contributed by atoms with Gasteiger partial charge in [0.15, 0.2) is 0 Å². The van der Waals surface area contributed by atoms with Crippen LogP contribution in [0.3, 0.4) is 0 Å². The Balaban J connectivity index is 3.22. The van der Waals surface area contributed by atoms with Gasteiger partial charge in [0.25, 0.3) is 0 Å². The van der Waals surface area contributed by atoms with Crippen LogP contribution < -0.4 is 0 Å². The zero-order valence-corrected chi connectivity index (χ0v) is 8.40. The molecule has 0 aromatic heterocycles. The summed E-state index contributed by atoms with van der Waals surface area (Å²) in [6, 6.07) is 3.14. The maximum Gasteiger partial charge on any atom is 0.142 e. The second-order valence-electron chi connectivity index (χ2n) is 3.29. The van der Waals surface area contributed by atoms with E-state index in [0.29, 0.717) is 5.56 Å². The van der Waals surface area contributed by atoms with Gasteiger partial charge in [0.2, 0.25) is 0 Å². The maximum atomic E-state index is 13.1. The fraction of sp³-hybridized carbons (Fsp3) is 0.400. The highest BCUT2D eigenvalue weighted by atomic mass is 35.5. The molecule has 0 aliphatic heterocycles. The smallest absolute Gasteiger partial charge is 0.142 e. The summed E-state index contributed by atoms with van der Waals surface area (Å²) in [4.78, 5) is 0. The molecule has 0 radical (unpaired) electrons. The van der Waals surface area contributed by atoms with Gasteiger partial charge in [-0.15, -0.1) is 0 Å². The van der Waals surface area contributed by atoms with Crippen LogP contribution >= 0.6 is 11.6 Å². The van der Waals surface area contributed by atoms with Crippen LogP contribution in [0.25, 0.3) is 0 Å². The minimum atomic E-state index is -0.461. The van der Waals surface area contributed by atoms with E-state index in [1.807, 2.05) is 13.8 Å². The molecule has 13 heavy (non-hydrogen) atoms. The van der Waals surface area contributed by atoms with E-state index in [4.69, 9.17) is 16.7 Å². The fourth-order valence-corrected chi connectivity index (χ4v) is 1.29. The highest BCUT2D eigenvalue weighted by Crippen LogP contribution is 2.25. The van der Waals surface area contributed by atoms with Crippen molar-refractivity contribution in [2.75, 3.05) is 0 Å². The molecule has 72 valence electrons. The zero-order valence-electron chi connectivity index (χ0n) is 7.64. The van der Waals surface area contributed by atoms with Crippen molar-refractivity contribution in [1.29, 1.82) is 0 Å². The van der Waals surface area contributed by atoms with Gasteiger partial charge in [0.05, 0.1) is 11.6 Å². The standard InChI is InChI=1S/C10H12ClFO/c1-6(2)7-3-8(5-13)10(11)9(12)4-7/h3-4,6,13H,5H2,1-2H3. The Morgan fingerprint density at radius 3 is 2.54 bits per heavy atom. The molecule has 0 saturated carbocycles. The average molecular weight is 203 g/mol. The van der Waals surface area contributed by atoms with Gasteiger partial charge in [-0.05, 0) is 23.1 Å². The molecule has 0 spiro atoms. The lowest BCUT2D eigenvalue weighted by Crippen LogP contribution is -1.95. The number of aliphatic hydroxyl groups excluding tert-OH is 1. The number of hydrogen-bond acceptors (Lipinski definition) is 1. The molecule has 1 nitrogen and oxygen atoms in total. The molecular formula is C10H12ClFO. The molecule has 0 amide bonds. The van der Waals surface area contributed by atoms with Crippen LogP contribution in [0.1, 0.15) is 30.9 Å². The third kappa shape index (κ3) is 2.20. The predicted molar refractivity (Wildman–Crippen MR) is 51.4 cm³/mol. The van der Waals surface area contributed by atoms with E-state index in [2.05, 4.69) is 0 Å². The summed E-state index contributed by atoms with van der Waals surface area (Å²) >= 11 is 5.64. The minimum absolute atomic E-state index is 0.0203. The molecule has 0 heterocycles. The Bertz CT molecular complexity index is 310. The molecule has 0 aliphatic rings. The topological polar surface area (TPSA) is 20.2 Å². The van der Waals surface area contributed by atoms with Gasteiger partial charge in [0.1, 0.15) is 5.82 Å². The summed E-state index contributed by atoms with van der Waals surface area (Å²) in [7, 11) is 0. The normalized spacial score (nSPS) is 10.9. The van der Waals surface area contributed by atoms with E-state index in [9.17, 15) is 4.39 Å². The zero-order chi connectivity index (χ0) is 10.0. The van der Waals surface area contributed by atoms with E-state index in [-0.39, 0.29) is 17.5 Å². The van der Waals surface area contributed by atoms with Crippen LogP contribution in [0.4, 0.5) is 4.39 Å². The van der Waals surface area contributed by atoms with Gasteiger partial charge in [-0.1, -0.05) is 31.5 Å². The van der Waals surface area contributed by atoms with Crippen molar-refractivity contribution in [2.24, 2.45) is 0 Å². The summed E-state index contributed by atoms with van der Waals surface area (Å²) in [6.07, 6.45) is 0. The third-order valence-corrected chi connectivity index (χ3v) is 2.39. The molecule has 0 fully saturated rings. The Morgan fingerprint density at radius 2 is 2.08 bits per heavy atom. The predicted octanol–water partition coefficient (Wildman–Crippen LogP) is 3.09. The van der Waals surface area contributed by atoms with Gasteiger partial charge in [0, 0.05) is 0 Å². The van der Waals surface area contributed by atoms with E-state index in [1.165, 1.54) is 6.07 Å². The largest absolute Gasteiger partial charge is 0.392 e. The molecule has 0 unspecified atom stereocenters.